The Hall–Kier alpha value is -1.36. The summed E-state index contributed by atoms with van der Waals surface area (Å²) in [5.74, 6) is 2.15. The van der Waals surface area contributed by atoms with Crippen LogP contribution in [-0.4, -0.2) is 29.6 Å². The maximum Gasteiger partial charge on any atom is 0.224 e. The van der Waals surface area contributed by atoms with Gasteiger partial charge in [-0.05, 0) is 31.7 Å². The first-order chi connectivity index (χ1) is 9.33. The van der Waals surface area contributed by atoms with Gasteiger partial charge in [0.15, 0.2) is 0 Å². The minimum Gasteiger partial charge on any atom is -0.383 e. The van der Waals surface area contributed by atoms with Gasteiger partial charge >= 0.3 is 0 Å². The first-order valence-electron chi connectivity index (χ1n) is 7.43. The summed E-state index contributed by atoms with van der Waals surface area (Å²) in [6.07, 6.45) is 7.27. The fourth-order valence-corrected chi connectivity index (χ4v) is 3.10. The van der Waals surface area contributed by atoms with E-state index in [0.29, 0.717) is 11.8 Å². The summed E-state index contributed by atoms with van der Waals surface area (Å²) >= 11 is 0. The van der Waals surface area contributed by atoms with Gasteiger partial charge < -0.3 is 16.4 Å². The summed E-state index contributed by atoms with van der Waals surface area (Å²) in [6, 6.07) is 0. The molecule has 5 heteroatoms. The minimum absolute atomic E-state index is 0.655. The lowest BCUT2D eigenvalue weighted by atomic mass is 10.1. The van der Waals surface area contributed by atoms with E-state index in [9.17, 15) is 0 Å². The maximum atomic E-state index is 6.08. The molecule has 0 atom stereocenters. The average molecular weight is 261 g/mol. The largest absolute Gasteiger partial charge is 0.383 e. The van der Waals surface area contributed by atoms with Crippen LogP contribution in [0, 0.1) is 5.92 Å². The van der Waals surface area contributed by atoms with Crippen molar-refractivity contribution < 1.29 is 0 Å². The van der Waals surface area contributed by atoms with Gasteiger partial charge in [0.25, 0.3) is 0 Å². The van der Waals surface area contributed by atoms with E-state index in [1.165, 1.54) is 25.7 Å². The lowest BCUT2D eigenvalue weighted by molar-refractivity contribution is 0.577. The molecule has 5 nitrogen and oxygen atoms in total. The highest BCUT2D eigenvalue weighted by Gasteiger charge is 2.17. The average Bonchev–Trinajstić information content (AvgIpc) is 2.81. The Bertz CT molecular complexity index is 440. The van der Waals surface area contributed by atoms with Gasteiger partial charge in [-0.15, -0.1) is 0 Å². The predicted octanol–water partition coefficient (Wildman–Crippen LogP) is 1.35. The van der Waals surface area contributed by atoms with Crippen LogP contribution in [0.4, 0.5) is 11.8 Å². The van der Waals surface area contributed by atoms with E-state index in [0.717, 1.165) is 49.7 Å². The van der Waals surface area contributed by atoms with Crippen molar-refractivity contribution in [2.45, 2.75) is 38.5 Å². The fourth-order valence-electron chi connectivity index (χ4n) is 3.10. The molecule has 0 spiro atoms. The Morgan fingerprint density at radius 1 is 1.16 bits per heavy atom. The molecule has 1 aliphatic carbocycles. The highest BCUT2D eigenvalue weighted by molar-refractivity contribution is 5.48. The maximum absolute atomic E-state index is 6.08. The van der Waals surface area contributed by atoms with E-state index in [4.69, 9.17) is 5.73 Å². The molecular weight excluding hydrogens is 238 g/mol. The monoisotopic (exact) mass is 261 g/mol. The van der Waals surface area contributed by atoms with E-state index >= 15 is 0 Å². The lowest BCUT2D eigenvalue weighted by Gasteiger charge is -2.13. The molecule has 1 aromatic rings. The van der Waals surface area contributed by atoms with Crippen molar-refractivity contribution in [3.8, 4) is 0 Å². The zero-order chi connectivity index (χ0) is 13.1. The van der Waals surface area contributed by atoms with E-state index in [1.807, 2.05) is 0 Å². The van der Waals surface area contributed by atoms with Crippen molar-refractivity contribution in [3.63, 3.8) is 0 Å². The van der Waals surface area contributed by atoms with Gasteiger partial charge in [0.05, 0.1) is 5.69 Å². The standard InChI is InChI=1S/C14H23N5/c15-13-11-5-7-16-8-6-12(11)18-14(19-13)17-9-10-3-1-2-4-10/h10,16H,1-9H2,(H3,15,17,18,19). The highest BCUT2D eigenvalue weighted by atomic mass is 15.1. The molecule has 2 aliphatic rings. The molecule has 3 rings (SSSR count). The van der Waals surface area contributed by atoms with Gasteiger partial charge in [0.1, 0.15) is 5.82 Å². The number of aromatic nitrogens is 2. The molecule has 0 amide bonds. The second-order valence-electron chi connectivity index (χ2n) is 5.64. The number of nitrogen functional groups attached to an aromatic ring is 1. The molecule has 1 fully saturated rings. The first kappa shape index (κ1) is 12.7. The molecule has 0 unspecified atom stereocenters. The highest BCUT2D eigenvalue weighted by Crippen LogP contribution is 2.25. The smallest absolute Gasteiger partial charge is 0.224 e. The number of nitrogens with zero attached hydrogens (tertiary/aromatic N) is 2. The van der Waals surface area contributed by atoms with Crippen LogP contribution in [0.2, 0.25) is 0 Å². The zero-order valence-corrected chi connectivity index (χ0v) is 11.4. The number of hydrogen-bond acceptors (Lipinski definition) is 5. The summed E-state index contributed by atoms with van der Waals surface area (Å²) in [7, 11) is 0. The number of anilines is 2. The zero-order valence-electron chi connectivity index (χ0n) is 11.4. The van der Waals surface area contributed by atoms with Crippen LogP contribution in [0.1, 0.15) is 36.9 Å². The molecule has 0 aromatic carbocycles. The van der Waals surface area contributed by atoms with Crippen molar-refractivity contribution >= 4 is 11.8 Å². The summed E-state index contributed by atoms with van der Waals surface area (Å²) in [5, 5.41) is 6.75. The van der Waals surface area contributed by atoms with Crippen molar-refractivity contribution in [2.75, 3.05) is 30.7 Å². The Labute approximate surface area is 114 Å². The Morgan fingerprint density at radius 3 is 2.79 bits per heavy atom. The van der Waals surface area contributed by atoms with Crippen LogP contribution in [0.15, 0.2) is 0 Å². The van der Waals surface area contributed by atoms with E-state index in [1.54, 1.807) is 0 Å². The van der Waals surface area contributed by atoms with Crippen LogP contribution in [0.5, 0.6) is 0 Å². The van der Waals surface area contributed by atoms with Crippen LogP contribution < -0.4 is 16.4 Å². The number of nitrogens with two attached hydrogens (primary N) is 1. The molecule has 19 heavy (non-hydrogen) atoms. The minimum atomic E-state index is 0.655. The van der Waals surface area contributed by atoms with Gasteiger partial charge in [-0.2, -0.15) is 4.98 Å². The summed E-state index contributed by atoms with van der Waals surface area (Å²) < 4.78 is 0. The molecule has 1 saturated carbocycles. The lowest BCUT2D eigenvalue weighted by Crippen LogP contribution is -2.16. The Kier molecular flexibility index (Phi) is 3.82. The number of fused-ring (bicyclic) bond motifs is 1. The van der Waals surface area contributed by atoms with E-state index in [-0.39, 0.29) is 0 Å². The van der Waals surface area contributed by atoms with Gasteiger partial charge in [0.2, 0.25) is 5.95 Å². The van der Waals surface area contributed by atoms with Crippen LogP contribution in [0.25, 0.3) is 0 Å². The van der Waals surface area contributed by atoms with Crippen molar-refractivity contribution in [3.05, 3.63) is 11.3 Å². The van der Waals surface area contributed by atoms with Crippen LogP contribution in [-0.2, 0) is 12.8 Å². The summed E-state index contributed by atoms with van der Waals surface area (Å²) in [4.78, 5) is 9.07. The topological polar surface area (TPSA) is 75.9 Å². The SMILES string of the molecule is Nc1nc(NCC2CCCC2)nc2c1CCNCC2. The summed E-state index contributed by atoms with van der Waals surface area (Å²) in [5.41, 5.74) is 8.33. The summed E-state index contributed by atoms with van der Waals surface area (Å²) in [6.45, 7) is 2.93. The Morgan fingerprint density at radius 2 is 1.95 bits per heavy atom. The molecule has 0 saturated heterocycles. The van der Waals surface area contributed by atoms with Crippen molar-refractivity contribution in [1.29, 1.82) is 0 Å². The quantitative estimate of drug-likeness (QED) is 0.765. The molecule has 1 aliphatic heterocycles. The van der Waals surface area contributed by atoms with E-state index in [2.05, 4.69) is 20.6 Å². The molecule has 1 aromatic heterocycles. The molecule has 4 N–H and O–H groups in total. The Balaban J connectivity index is 1.71. The number of nitrogens with one attached hydrogen (secondary N) is 2. The van der Waals surface area contributed by atoms with Crippen LogP contribution in [0.3, 0.4) is 0 Å². The second-order valence-corrected chi connectivity index (χ2v) is 5.64. The molecule has 104 valence electrons. The van der Waals surface area contributed by atoms with Gasteiger partial charge in [0, 0.05) is 25.1 Å². The molecular formula is C14H23N5. The van der Waals surface area contributed by atoms with Gasteiger partial charge in [-0.1, -0.05) is 12.8 Å². The fraction of sp³-hybridized carbons (Fsp3) is 0.714. The molecule has 0 radical (unpaired) electrons. The predicted molar refractivity (Wildman–Crippen MR) is 77.2 cm³/mol. The third-order valence-electron chi connectivity index (χ3n) is 4.24. The van der Waals surface area contributed by atoms with Crippen LogP contribution >= 0.6 is 0 Å². The van der Waals surface area contributed by atoms with Crippen molar-refractivity contribution in [2.24, 2.45) is 5.92 Å². The number of hydrogen-bond donors (Lipinski definition) is 3. The van der Waals surface area contributed by atoms with Gasteiger partial charge in [-0.25, -0.2) is 4.98 Å². The number of rotatable bonds is 3. The van der Waals surface area contributed by atoms with Crippen molar-refractivity contribution in [1.82, 2.24) is 15.3 Å². The third-order valence-corrected chi connectivity index (χ3v) is 4.24. The second kappa shape index (κ2) is 5.74. The van der Waals surface area contributed by atoms with E-state index < -0.39 is 0 Å². The normalized spacial score (nSPS) is 20.0. The van der Waals surface area contributed by atoms with Gasteiger partial charge in [-0.3, -0.25) is 0 Å². The molecule has 2 heterocycles. The first-order valence-corrected chi connectivity index (χ1v) is 7.43. The third kappa shape index (κ3) is 2.97. The molecule has 0 bridgehead atoms.